The summed E-state index contributed by atoms with van der Waals surface area (Å²) in [4.78, 5) is 12.3. The number of hydrogen-bond acceptors (Lipinski definition) is 6. The zero-order valence-corrected chi connectivity index (χ0v) is 16.9. The van der Waals surface area contributed by atoms with Gasteiger partial charge < -0.3 is 10.1 Å². The Labute approximate surface area is 164 Å². The number of benzene rings is 2. The average Bonchev–Trinajstić information content (AvgIpc) is 2.61. The molecule has 0 unspecified atom stereocenters. The van der Waals surface area contributed by atoms with E-state index in [0.717, 1.165) is 6.07 Å². The first-order valence-electron chi connectivity index (χ1n) is 8.18. The highest BCUT2D eigenvalue weighted by Crippen LogP contribution is 2.24. The Kier molecular flexibility index (Phi) is 6.65. The van der Waals surface area contributed by atoms with Gasteiger partial charge in [0.2, 0.25) is 20.0 Å². The molecule has 0 aliphatic rings. The standard InChI is InChI=1S/C17H21N3O6S2/c1-3-10-27(22,23)20-13-6-4-12(5-7-13)19-17(21)15-11-14(28(18,24)25)8-9-16(15)26-2/h4-9,11,20H,3,10H2,1-2H3,(H,19,21)(H2,18,24,25). The third-order valence-electron chi connectivity index (χ3n) is 3.63. The van der Waals surface area contributed by atoms with Crippen LogP contribution in [0.15, 0.2) is 47.4 Å². The summed E-state index contributed by atoms with van der Waals surface area (Å²) in [7, 11) is -6.05. The topological polar surface area (TPSA) is 145 Å². The van der Waals surface area contributed by atoms with E-state index in [0.29, 0.717) is 17.8 Å². The lowest BCUT2D eigenvalue weighted by atomic mass is 10.1. The number of nitrogens with two attached hydrogens (primary N) is 1. The van der Waals surface area contributed by atoms with Crippen molar-refractivity contribution in [1.82, 2.24) is 0 Å². The predicted octanol–water partition coefficient (Wildman–Crippen LogP) is 1.75. The first kappa shape index (κ1) is 21.7. The normalized spacial score (nSPS) is 11.7. The Hall–Kier alpha value is -2.63. The van der Waals surface area contributed by atoms with Gasteiger partial charge in [0, 0.05) is 11.4 Å². The molecule has 0 saturated carbocycles. The third-order valence-corrected chi connectivity index (χ3v) is 6.04. The molecule has 0 atom stereocenters. The summed E-state index contributed by atoms with van der Waals surface area (Å²) in [5.74, 6) is -0.429. The van der Waals surface area contributed by atoms with Gasteiger partial charge in [0.05, 0.1) is 23.3 Å². The van der Waals surface area contributed by atoms with Crippen LogP contribution in [0.4, 0.5) is 11.4 Å². The highest BCUT2D eigenvalue weighted by Gasteiger charge is 2.17. The van der Waals surface area contributed by atoms with Gasteiger partial charge in [-0.3, -0.25) is 9.52 Å². The smallest absolute Gasteiger partial charge is 0.259 e. The van der Waals surface area contributed by atoms with E-state index in [9.17, 15) is 21.6 Å². The number of rotatable bonds is 8. The number of hydrogen-bond donors (Lipinski definition) is 3. The van der Waals surface area contributed by atoms with Gasteiger partial charge in [0.25, 0.3) is 5.91 Å². The first-order chi connectivity index (χ1) is 13.1. The van der Waals surface area contributed by atoms with E-state index in [1.165, 1.54) is 43.5 Å². The second-order valence-electron chi connectivity index (χ2n) is 5.86. The molecule has 0 fully saturated rings. The van der Waals surface area contributed by atoms with E-state index in [-0.39, 0.29) is 22.0 Å². The van der Waals surface area contributed by atoms with E-state index >= 15 is 0 Å². The van der Waals surface area contributed by atoms with Gasteiger partial charge in [-0.15, -0.1) is 0 Å². The Morgan fingerprint density at radius 3 is 2.18 bits per heavy atom. The fourth-order valence-electron chi connectivity index (χ4n) is 2.36. The van der Waals surface area contributed by atoms with E-state index in [2.05, 4.69) is 10.0 Å². The lowest BCUT2D eigenvalue weighted by Crippen LogP contribution is -2.17. The number of ether oxygens (including phenoxy) is 1. The minimum Gasteiger partial charge on any atom is -0.496 e. The lowest BCUT2D eigenvalue weighted by Gasteiger charge is -2.12. The molecular formula is C17H21N3O6S2. The van der Waals surface area contributed by atoms with Crippen LogP contribution in [0.5, 0.6) is 5.75 Å². The van der Waals surface area contributed by atoms with Crippen molar-refractivity contribution >= 4 is 37.3 Å². The summed E-state index contributed by atoms with van der Waals surface area (Å²) in [6, 6.07) is 9.72. The predicted molar refractivity (Wildman–Crippen MR) is 106 cm³/mol. The van der Waals surface area contributed by atoms with Crippen molar-refractivity contribution in [2.75, 3.05) is 22.9 Å². The highest BCUT2D eigenvalue weighted by atomic mass is 32.2. The van der Waals surface area contributed by atoms with Crippen LogP contribution in [0.1, 0.15) is 23.7 Å². The zero-order valence-electron chi connectivity index (χ0n) is 15.3. The molecule has 0 radical (unpaired) electrons. The number of carbonyl (C=O) groups excluding carboxylic acids is 1. The van der Waals surface area contributed by atoms with E-state index in [4.69, 9.17) is 9.88 Å². The largest absolute Gasteiger partial charge is 0.496 e. The fraction of sp³-hybridized carbons (Fsp3) is 0.235. The van der Waals surface area contributed by atoms with Gasteiger partial charge in [-0.2, -0.15) is 0 Å². The van der Waals surface area contributed by atoms with E-state index < -0.39 is 26.0 Å². The number of amides is 1. The van der Waals surface area contributed by atoms with Crippen LogP contribution in [0.25, 0.3) is 0 Å². The molecule has 0 spiro atoms. The Morgan fingerprint density at radius 1 is 1.04 bits per heavy atom. The molecule has 0 aliphatic carbocycles. The Balaban J connectivity index is 2.21. The van der Waals surface area contributed by atoms with Crippen LogP contribution >= 0.6 is 0 Å². The molecule has 28 heavy (non-hydrogen) atoms. The van der Waals surface area contributed by atoms with Crippen molar-refractivity contribution in [1.29, 1.82) is 0 Å². The maximum atomic E-state index is 12.5. The number of anilines is 2. The number of methoxy groups -OCH3 is 1. The Morgan fingerprint density at radius 2 is 1.64 bits per heavy atom. The van der Waals surface area contributed by atoms with Crippen molar-refractivity contribution in [3.63, 3.8) is 0 Å². The summed E-state index contributed by atoms with van der Waals surface area (Å²) >= 11 is 0. The molecule has 0 aromatic heterocycles. The molecule has 0 bridgehead atoms. The molecule has 11 heteroatoms. The van der Waals surface area contributed by atoms with Gasteiger partial charge in [-0.1, -0.05) is 6.92 Å². The Bertz CT molecular complexity index is 1060. The zero-order chi connectivity index (χ0) is 20.9. The average molecular weight is 428 g/mol. The number of carbonyl (C=O) groups is 1. The summed E-state index contributed by atoms with van der Waals surface area (Å²) in [6.45, 7) is 1.76. The molecular weight excluding hydrogens is 406 g/mol. The van der Waals surface area contributed by atoms with Crippen LogP contribution < -0.4 is 19.9 Å². The van der Waals surface area contributed by atoms with Gasteiger partial charge in [0.15, 0.2) is 0 Å². The molecule has 2 aromatic carbocycles. The van der Waals surface area contributed by atoms with Gasteiger partial charge in [-0.05, 0) is 48.9 Å². The molecule has 0 aliphatic heterocycles. The van der Waals surface area contributed by atoms with Gasteiger partial charge in [-0.25, -0.2) is 22.0 Å². The van der Waals surface area contributed by atoms with Crippen molar-refractivity contribution in [2.24, 2.45) is 5.14 Å². The van der Waals surface area contributed by atoms with Gasteiger partial charge in [0.1, 0.15) is 5.75 Å². The monoisotopic (exact) mass is 427 g/mol. The molecule has 0 saturated heterocycles. The summed E-state index contributed by atoms with van der Waals surface area (Å²) in [5.41, 5.74) is 0.730. The van der Waals surface area contributed by atoms with Crippen LogP contribution in [-0.2, 0) is 20.0 Å². The van der Waals surface area contributed by atoms with Crippen LogP contribution in [0.3, 0.4) is 0 Å². The molecule has 2 rings (SSSR count). The first-order valence-corrected chi connectivity index (χ1v) is 11.4. The molecule has 152 valence electrons. The van der Waals surface area contributed by atoms with Crippen LogP contribution in [-0.4, -0.2) is 35.6 Å². The quantitative estimate of drug-likeness (QED) is 0.585. The van der Waals surface area contributed by atoms with Crippen molar-refractivity contribution in [3.05, 3.63) is 48.0 Å². The van der Waals surface area contributed by atoms with Crippen LogP contribution in [0, 0.1) is 0 Å². The van der Waals surface area contributed by atoms with Crippen LogP contribution in [0.2, 0.25) is 0 Å². The minimum atomic E-state index is -3.99. The summed E-state index contributed by atoms with van der Waals surface area (Å²) in [6.07, 6.45) is 0.489. The fourth-order valence-corrected chi connectivity index (χ4v) is 4.04. The maximum Gasteiger partial charge on any atom is 0.259 e. The lowest BCUT2D eigenvalue weighted by molar-refractivity contribution is 0.102. The van der Waals surface area contributed by atoms with Crippen molar-refractivity contribution < 1.29 is 26.4 Å². The molecule has 4 N–H and O–H groups in total. The highest BCUT2D eigenvalue weighted by molar-refractivity contribution is 7.92. The second kappa shape index (κ2) is 8.59. The molecule has 2 aromatic rings. The maximum absolute atomic E-state index is 12.5. The van der Waals surface area contributed by atoms with E-state index in [1.807, 2.05) is 0 Å². The summed E-state index contributed by atoms with van der Waals surface area (Å²) in [5, 5.41) is 7.70. The molecule has 1 amide bonds. The number of primary sulfonamides is 1. The SMILES string of the molecule is CCCS(=O)(=O)Nc1ccc(NC(=O)c2cc(S(N)(=O)=O)ccc2OC)cc1. The summed E-state index contributed by atoms with van der Waals surface area (Å²) < 4.78 is 54.1. The molecule has 0 heterocycles. The van der Waals surface area contributed by atoms with Crippen molar-refractivity contribution in [2.45, 2.75) is 18.2 Å². The third kappa shape index (κ3) is 5.68. The minimum absolute atomic E-state index is 0.00563. The van der Waals surface area contributed by atoms with Gasteiger partial charge >= 0.3 is 0 Å². The van der Waals surface area contributed by atoms with E-state index in [1.54, 1.807) is 6.92 Å². The van der Waals surface area contributed by atoms with Crippen molar-refractivity contribution in [3.8, 4) is 5.75 Å². The number of nitrogens with one attached hydrogen (secondary N) is 2. The molecule has 9 nitrogen and oxygen atoms in total. The second-order valence-corrected chi connectivity index (χ2v) is 9.26. The number of sulfonamides is 2.